The number of nitrogens with one attached hydrogen (secondary N) is 2. The molecule has 136 valence electrons. The number of rotatable bonds is 6. The summed E-state index contributed by atoms with van der Waals surface area (Å²) in [6.07, 6.45) is 3.34. The maximum Gasteiger partial charge on any atom is 0.319 e. The molecule has 6 nitrogen and oxygen atoms in total. The predicted molar refractivity (Wildman–Crippen MR) is 102 cm³/mol. The molecule has 0 spiro atoms. The van der Waals surface area contributed by atoms with E-state index in [1.54, 1.807) is 21.8 Å². The zero-order valence-corrected chi connectivity index (χ0v) is 16.1. The molecule has 3 heterocycles. The van der Waals surface area contributed by atoms with Crippen molar-refractivity contribution in [2.45, 2.75) is 35.9 Å². The van der Waals surface area contributed by atoms with Crippen LogP contribution >= 0.6 is 22.7 Å². The lowest BCUT2D eigenvalue weighted by Gasteiger charge is -2.34. The summed E-state index contributed by atoms with van der Waals surface area (Å²) >= 11 is 2.70. The normalized spacial score (nSPS) is 18.8. The van der Waals surface area contributed by atoms with Crippen molar-refractivity contribution in [3.63, 3.8) is 0 Å². The van der Waals surface area contributed by atoms with Crippen molar-refractivity contribution < 1.29 is 13.2 Å². The summed E-state index contributed by atoms with van der Waals surface area (Å²) < 4.78 is 27.6. The number of nitrogens with zero attached hydrogens (tertiary/aromatic N) is 1. The summed E-state index contributed by atoms with van der Waals surface area (Å²) in [4.78, 5) is 11.9. The molecular weight excluding hydrogens is 378 g/mol. The van der Waals surface area contributed by atoms with E-state index in [4.69, 9.17) is 0 Å². The molecule has 1 aliphatic rings. The van der Waals surface area contributed by atoms with Gasteiger partial charge >= 0.3 is 6.03 Å². The molecule has 1 saturated heterocycles. The van der Waals surface area contributed by atoms with Crippen molar-refractivity contribution in [3.8, 4) is 0 Å². The molecule has 9 heteroatoms. The fraction of sp³-hybridized carbons (Fsp3) is 0.438. The number of thiophene rings is 2. The maximum atomic E-state index is 12.8. The molecule has 2 N–H and O–H groups in total. The Hall–Kier alpha value is -1.42. The standard InChI is InChI=1S/C16H21N3O3S3/c20-16(18-14-6-3-11-23-14)17-9-8-13-5-1-2-10-19(13)25(21,22)15-7-4-12-24-15/h3-4,6-7,11-13H,1-2,5,8-10H2,(H2,17,18,20). The summed E-state index contributed by atoms with van der Waals surface area (Å²) in [5.74, 6) is 0. The molecule has 2 aromatic heterocycles. The lowest BCUT2D eigenvalue weighted by Crippen LogP contribution is -2.45. The van der Waals surface area contributed by atoms with Crippen LogP contribution in [-0.2, 0) is 10.0 Å². The van der Waals surface area contributed by atoms with E-state index in [0.29, 0.717) is 23.7 Å². The monoisotopic (exact) mass is 399 g/mol. The van der Waals surface area contributed by atoms with E-state index in [2.05, 4.69) is 10.6 Å². The SMILES string of the molecule is O=C(NCCC1CCCCN1S(=O)(=O)c1cccs1)Nc1cccs1. The number of carbonyl (C=O) groups is 1. The lowest BCUT2D eigenvalue weighted by molar-refractivity contribution is 0.234. The van der Waals surface area contributed by atoms with Gasteiger partial charge in [0.05, 0.1) is 5.00 Å². The number of hydrogen-bond acceptors (Lipinski definition) is 5. The van der Waals surface area contributed by atoms with Crippen molar-refractivity contribution in [2.75, 3.05) is 18.4 Å². The molecule has 0 radical (unpaired) electrons. The number of anilines is 1. The average molecular weight is 400 g/mol. The van der Waals surface area contributed by atoms with Crippen LogP contribution in [0.3, 0.4) is 0 Å². The van der Waals surface area contributed by atoms with Gasteiger partial charge in [-0.15, -0.1) is 22.7 Å². The first-order valence-electron chi connectivity index (χ1n) is 8.21. The van der Waals surface area contributed by atoms with Crippen molar-refractivity contribution in [3.05, 3.63) is 35.0 Å². The molecule has 25 heavy (non-hydrogen) atoms. The fourth-order valence-electron chi connectivity index (χ4n) is 2.96. The van der Waals surface area contributed by atoms with Crippen LogP contribution in [-0.4, -0.2) is 37.9 Å². The van der Waals surface area contributed by atoms with Gasteiger partial charge in [0.2, 0.25) is 0 Å². The molecular formula is C16H21N3O3S3. The van der Waals surface area contributed by atoms with E-state index in [1.165, 1.54) is 22.7 Å². The third kappa shape index (κ3) is 4.60. The summed E-state index contributed by atoms with van der Waals surface area (Å²) in [6.45, 7) is 0.991. The van der Waals surface area contributed by atoms with E-state index in [9.17, 15) is 13.2 Å². The first kappa shape index (κ1) is 18.4. The highest BCUT2D eigenvalue weighted by Gasteiger charge is 2.33. The number of piperidine rings is 1. The van der Waals surface area contributed by atoms with Gasteiger partial charge in [0.25, 0.3) is 10.0 Å². The Bertz CT molecular complexity index is 773. The first-order chi connectivity index (χ1) is 12.1. The van der Waals surface area contributed by atoms with Gasteiger partial charge in [-0.2, -0.15) is 4.31 Å². The molecule has 1 fully saturated rings. The molecule has 3 rings (SSSR count). The van der Waals surface area contributed by atoms with Crippen LogP contribution in [0.25, 0.3) is 0 Å². The van der Waals surface area contributed by atoms with Crippen LogP contribution in [0.15, 0.2) is 39.2 Å². The Morgan fingerprint density at radius 3 is 2.72 bits per heavy atom. The molecule has 0 bridgehead atoms. The Labute approximate surface area is 155 Å². The Morgan fingerprint density at radius 1 is 1.20 bits per heavy atom. The van der Waals surface area contributed by atoms with E-state index in [-0.39, 0.29) is 12.1 Å². The highest BCUT2D eigenvalue weighted by atomic mass is 32.2. The number of hydrogen-bond donors (Lipinski definition) is 2. The zero-order valence-electron chi connectivity index (χ0n) is 13.7. The Morgan fingerprint density at radius 2 is 2.00 bits per heavy atom. The second kappa shape index (κ2) is 8.31. The van der Waals surface area contributed by atoms with Crippen molar-refractivity contribution in [1.29, 1.82) is 0 Å². The lowest BCUT2D eigenvalue weighted by atomic mass is 10.0. The summed E-state index contributed by atoms with van der Waals surface area (Å²) in [6, 6.07) is 6.79. The predicted octanol–water partition coefficient (Wildman–Crippen LogP) is 3.56. The second-order valence-corrected chi connectivity index (χ2v) is 9.86. The van der Waals surface area contributed by atoms with Crippen LogP contribution in [0.5, 0.6) is 0 Å². The van der Waals surface area contributed by atoms with Gasteiger partial charge in [-0.05, 0) is 48.2 Å². The largest absolute Gasteiger partial charge is 0.338 e. The van der Waals surface area contributed by atoms with E-state index in [0.717, 1.165) is 24.3 Å². The third-order valence-corrected chi connectivity index (χ3v) is 8.26. The van der Waals surface area contributed by atoms with Gasteiger partial charge in [-0.1, -0.05) is 12.5 Å². The smallest absolute Gasteiger partial charge is 0.319 e. The second-order valence-electron chi connectivity index (χ2n) is 5.84. The average Bonchev–Trinajstić information content (AvgIpc) is 3.29. The number of urea groups is 1. The number of amides is 2. The zero-order chi connectivity index (χ0) is 17.7. The molecule has 1 unspecified atom stereocenters. The van der Waals surface area contributed by atoms with Crippen molar-refractivity contribution >= 4 is 43.7 Å². The molecule has 2 aromatic rings. The maximum absolute atomic E-state index is 12.8. The minimum Gasteiger partial charge on any atom is -0.338 e. The topological polar surface area (TPSA) is 78.5 Å². The van der Waals surface area contributed by atoms with Crippen LogP contribution < -0.4 is 10.6 Å². The number of carbonyl (C=O) groups excluding carboxylic acids is 1. The van der Waals surface area contributed by atoms with Crippen molar-refractivity contribution in [1.82, 2.24) is 9.62 Å². The van der Waals surface area contributed by atoms with E-state index >= 15 is 0 Å². The summed E-state index contributed by atoms with van der Waals surface area (Å²) in [7, 11) is -3.43. The fourth-order valence-corrected chi connectivity index (χ4v) is 6.42. The van der Waals surface area contributed by atoms with Gasteiger partial charge in [0, 0.05) is 19.1 Å². The third-order valence-electron chi connectivity index (χ3n) is 4.15. The van der Waals surface area contributed by atoms with Crippen LogP contribution in [0.2, 0.25) is 0 Å². The van der Waals surface area contributed by atoms with Gasteiger partial charge in [-0.3, -0.25) is 5.32 Å². The van der Waals surface area contributed by atoms with Gasteiger partial charge < -0.3 is 5.32 Å². The van der Waals surface area contributed by atoms with Crippen molar-refractivity contribution in [2.24, 2.45) is 0 Å². The van der Waals surface area contributed by atoms with Gasteiger partial charge in [-0.25, -0.2) is 13.2 Å². The van der Waals surface area contributed by atoms with Crippen LogP contribution in [0, 0.1) is 0 Å². The molecule has 1 atom stereocenters. The Balaban J connectivity index is 1.55. The van der Waals surface area contributed by atoms with Gasteiger partial charge in [0.15, 0.2) is 0 Å². The minimum absolute atomic E-state index is 0.0668. The summed E-state index contributed by atoms with van der Waals surface area (Å²) in [5, 5.41) is 10.0. The van der Waals surface area contributed by atoms with Crippen LogP contribution in [0.4, 0.5) is 9.80 Å². The van der Waals surface area contributed by atoms with E-state index < -0.39 is 10.0 Å². The highest BCUT2D eigenvalue weighted by molar-refractivity contribution is 7.91. The van der Waals surface area contributed by atoms with Gasteiger partial charge in [0.1, 0.15) is 4.21 Å². The van der Waals surface area contributed by atoms with Crippen LogP contribution in [0.1, 0.15) is 25.7 Å². The highest BCUT2D eigenvalue weighted by Crippen LogP contribution is 2.29. The number of sulfonamides is 1. The minimum atomic E-state index is -3.43. The molecule has 0 aromatic carbocycles. The van der Waals surface area contributed by atoms with E-state index in [1.807, 2.05) is 17.5 Å². The Kier molecular flexibility index (Phi) is 6.10. The summed E-state index contributed by atoms with van der Waals surface area (Å²) in [5.41, 5.74) is 0. The quantitative estimate of drug-likeness (QED) is 0.779. The first-order valence-corrected chi connectivity index (χ1v) is 11.4. The molecule has 0 saturated carbocycles. The molecule has 0 aliphatic carbocycles. The molecule has 2 amide bonds. The molecule has 1 aliphatic heterocycles.